The maximum absolute atomic E-state index is 12.0. The third-order valence-corrected chi connectivity index (χ3v) is 3.48. The first-order valence-electron chi connectivity index (χ1n) is 6.21. The second-order valence-electron chi connectivity index (χ2n) is 5.04. The van der Waals surface area contributed by atoms with Gasteiger partial charge in [-0.25, -0.2) is 0 Å². The van der Waals surface area contributed by atoms with Gasteiger partial charge in [-0.2, -0.15) is 0 Å². The van der Waals surface area contributed by atoms with Crippen LogP contribution in [0.3, 0.4) is 0 Å². The summed E-state index contributed by atoms with van der Waals surface area (Å²) in [4.78, 5) is 25.4. The standard InChI is InChI=1S/C12H23N3O2/c1-4-5-9(13)10(16)15-7-6-12(2,8-15)11(17)14-3/h9H,4-8,13H2,1-3H3,(H,14,17). The molecule has 98 valence electrons. The number of nitrogens with two attached hydrogens (primary N) is 1. The monoisotopic (exact) mass is 241 g/mol. The second kappa shape index (κ2) is 5.49. The van der Waals surface area contributed by atoms with Crippen molar-refractivity contribution in [1.29, 1.82) is 0 Å². The van der Waals surface area contributed by atoms with Crippen molar-refractivity contribution < 1.29 is 9.59 Å². The Morgan fingerprint density at radius 1 is 1.53 bits per heavy atom. The Kier molecular flexibility index (Phi) is 4.51. The van der Waals surface area contributed by atoms with Gasteiger partial charge in [0.15, 0.2) is 0 Å². The Balaban J connectivity index is 2.61. The summed E-state index contributed by atoms with van der Waals surface area (Å²) in [5.74, 6) is -0.0312. The number of amides is 2. The summed E-state index contributed by atoms with van der Waals surface area (Å²) in [5.41, 5.74) is 5.35. The Labute approximate surface area is 103 Å². The van der Waals surface area contributed by atoms with Gasteiger partial charge < -0.3 is 16.0 Å². The Bertz CT molecular complexity index is 306. The molecule has 0 bridgehead atoms. The van der Waals surface area contributed by atoms with E-state index in [-0.39, 0.29) is 11.8 Å². The molecule has 0 aromatic carbocycles. The predicted molar refractivity (Wildman–Crippen MR) is 66.3 cm³/mol. The minimum absolute atomic E-state index is 0.00290. The quantitative estimate of drug-likeness (QED) is 0.733. The summed E-state index contributed by atoms with van der Waals surface area (Å²) in [7, 11) is 1.63. The third kappa shape index (κ3) is 2.97. The van der Waals surface area contributed by atoms with Crippen LogP contribution in [0.5, 0.6) is 0 Å². The molecule has 1 heterocycles. The molecule has 3 N–H and O–H groups in total. The molecular weight excluding hydrogens is 218 g/mol. The molecule has 2 amide bonds. The largest absolute Gasteiger partial charge is 0.359 e. The molecule has 0 aromatic rings. The predicted octanol–water partition coefficient (Wildman–Crippen LogP) is 0.0984. The van der Waals surface area contributed by atoms with Gasteiger partial charge in [0.05, 0.1) is 11.5 Å². The normalized spacial score (nSPS) is 25.8. The van der Waals surface area contributed by atoms with Crippen LogP contribution in [0.2, 0.25) is 0 Å². The van der Waals surface area contributed by atoms with Crippen LogP contribution in [0.15, 0.2) is 0 Å². The molecule has 0 radical (unpaired) electrons. The molecule has 1 saturated heterocycles. The summed E-state index contributed by atoms with van der Waals surface area (Å²) in [5, 5.41) is 2.65. The second-order valence-corrected chi connectivity index (χ2v) is 5.04. The molecule has 0 spiro atoms. The van der Waals surface area contributed by atoms with Gasteiger partial charge in [-0.1, -0.05) is 13.3 Å². The van der Waals surface area contributed by atoms with E-state index in [4.69, 9.17) is 5.73 Å². The molecule has 0 aromatic heterocycles. The number of carbonyl (C=O) groups is 2. The first-order chi connectivity index (χ1) is 7.94. The lowest BCUT2D eigenvalue weighted by Crippen LogP contribution is -2.45. The van der Waals surface area contributed by atoms with Gasteiger partial charge >= 0.3 is 0 Å². The van der Waals surface area contributed by atoms with Crippen molar-refractivity contribution in [1.82, 2.24) is 10.2 Å². The van der Waals surface area contributed by atoms with Crippen molar-refractivity contribution in [2.45, 2.75) is 39.2 Å². The highest BCUT2D eigenvalue weighted by atomic mass is 16.2. The highest BCUT2D eigenvalue weighted by molar-refractivity contribution is 5.86. The van der Waals surface area contributed by atoms with Crippen LogP contribution < -0.4 is 11.1 Å². The maximum atomic E-state index is 12.0. The minimum Gasteiger partial charge on any atom is -0.359 e. The fourth-order valence-corrected chi connectivity index (χ4v) is 2.31. The lowest BCUT2D eigenvalue weighted by molar-refractivity contribution is -0.133. The number of likely N-dealkylation sites (tertiary alicyclic amines) is 1. The minimum atomic E-state index is -0.462. The summed E-state index contributed by atoms with van der Waals surface area (Å²) in [6.07, 6.45) is 2.30. The Hall–Kier alpha value is -1.10. The van der Waals surface area contributed by atoms with Crippen LogP contribution >= 0.6 is 0 Å². The van der Waals surface area contributed by atoms with Crippen LogP contribution in [-0.4, -0.2) is 42.9 Å². The Morgan fingerprint density at radius 2 is 2.18 bits per heavy atom. The zero-order chi connectivity index (χ0) is 13.1. The van der Waals surface area contributed by atoms with E-state index in [1.165, 1.54) is 0 Å². The number of carbonyl (C=O) groups excluding carboxylic acids is 2. The molecule has 2 atom stereocenters. The third-order valence-electron chi connectivity index (χ3n) is 3.48. The van der Waals surface area contributed by atoms with Crippen LogP contribution in [0.25, 0.3) is 0 Å². The smallest absolute Gasteiger partial charge is 0.239 e. The summed E-state index contributed by atoms with van der Waals surface area (Å²) in [6.45, 7) is 5.00. The van der Waals surface area contributed by atoms with E-state index in [1.807, 2.05) is 13.8 Å². The molecule has 5 heteroatoms. The van der Waals surface area contributed by atoms with Gasteiger partial charge in [0.1, 0.15) is 0 Å². The average Bonchev–Trinajstić information content (AvgIpc) is 2.71. The highest BCUT2D eigenvalue weighted by Crippen LogP contribution is 2.30. The van der Waals surface area contributed by atoms with Crippen molar-refractivity contribution in [3.05, 3.63) is 0 Å². The maximum Gasteiger partial charge on any atom is 0.239 e. The topological polar surface area (TPSA) is 75.4 Å². The molecule has 17 heavy (non-hydrogen) atoms. The molecule has 1 aliphatic heterocycles. The molecule has 1 aliphatic rings. The van der Waals surface area contributed by atoms with Crippen molar-refractivity contribution in [3.8, 4) is 0 Å². The summed E-state index contributed by atoms with van der Waals surface area (Å²) in [6, 6.07) is -0.424. The van der Waals surface area contributed by atoms with E-state index in [0.29, 0.717) is 25.9 Å². The first-order valence-corrected chi connectivity index (χ1v) is 6.21. The zero-order valence-electron chi connectivity index (χ0n) is 11.0. The fraction of sp³-hybridized carbons (Fsp3) is 0.833. The van der Waals surface area contributed by atoms with Gasteiger partial charge in [-0.3, -0.25) is 9.59 Å². The van der Waals surface area contributed by atoms with Crippen LogP contribution in [-0.2, 0) is 9.59 Å². The van der Waals surface area contributed by atoms with E-state index in [2.05, 4.69) is 5.32 Å². The number of nitrogens with zero attached hydrogens (tertiary/aromatic N) is 1. The van der Waals surface area contributed by atoms with Gasteiger partial charge in [0, 0.05) is 20.1 Å². The zero-order valence-corrected chi connectivity index (χ0v) is 11.0. The van der Waals surface area contributed by atoms with Crippen molar-refractivity contribution in [2.75, 3.05) is 20.1 Å². The highest BCUT2D eigenvalue weighted by Gasteiger charge is 2.42. The number of nitrogens with one attached hydrogen (secondary N) is 1. The van der Waals surface area contributed by atoms with Crippen molar-refractivity contribution in [2.24, 2.45) is 11.1 Å². The SMILES string of the molecule is CCCC(N)C(=O)N1CCC(C)(C(=O)NC)C1. The lowest BCUT2D eigenvalue weighted by Gasteiger charge is -2.24. The van der Waals surface area contributed by atoms with Crippen LogP contribution in [0, 0.1) is 5.41 Å². The first kappa shape index (κ1) is 14.0. The molecule has 1 rings (SSSR count). The van der Waals surface area contributed by atoms with E-state index in [1.54, 1.807) is 11.9 Å². The van der Waals surface area contributed by atoms with Gasteiger partial charge in [-0.15, -0.1) is 0 Å². The van der Waals surface area contributed by atoms with Crippen molar-refractivity contribution >= 4 is 11.8 Å². The van der Waals surface area contributed by atoms with E-state index in [0.717, 1.165) is 6.42 Å². The number of rotatable bonds is 4. The van der Waals surface area contributed by atoms with Gasteiger partial charge in [0.2, 0.25) is 11.8 Å². The fourth-order valence-electron chi connectivity index (χ4n) is 2.31. The Morgan fingerprint density at radius 3 is 2.71 bits per heavy atom. The molecular formula is C12H23N3O2. The average molecular weight is 241 g/mol. The van der Waals surface area contributed by atoms with Gasteiger partial charge in [-0.05, 0) is 19.8 Å². The summed E-state index contributed by atoms with van der Waals surface area (Å²) >= 11 is 0. The van der Waals surface area contributed by atoms with E-state index < -0.39 is 11.5 Å². The van der Waals surface area contributed by atoms with E-state index in [9.17, 15) is 9.59 Å². The van der Waals surface area contributed by atoms with Crippen LogP contribution in [0.4, 0.5) is 0 Å². The molecule has 5 nitrogen and oxygen atoms in total. The van der Waals surface area contributed by atoms with Gasteiger partial charge in [0.25, 0.3) is 0 Å². The van der Waals surface area contributed by atoms with E-state index >= 15 is 0 Å². The van der Waals surface area contributed by atoms with Crippen molar-refractivity contribution in [3.63, 3.8) is 0 Å². The van der Waals surface area contributed by atoms with Crippen LogP contribution in [0.1, 0.15) is 33.1 Å². The summed E-state index contributed by atoms with van der Waals surface area (Å²) < 4.78 is 0. The molecule has 0 aliphatic carbocycles. The number of hydrogen-bond donors (Lipinski definition) is 2. The molecule has 1 fully saturated rings. The molecule has 2 unspecified atom stereocenters. The molecule has 0 saturated carbocycles. The number of hydrogen-bond acceptors (Lipinski definition) is 3. The lowest BCUT2D eigenvalue weighted by atomic mass is 9.89.